The van der Waals surface area contributed by atoms with E-state index in [0.717, 1.165) is 29.1 Å². The van der Waals surface area contributed by atoms with Gasteiger partial charge in [-0.2, -0.15) is 0 Å². The van der Waals surface area contributed by atoms with Crippen LogP contribution >= 0.6 is 0 Å². The normalized spacial score (nSPS) is 12.9. The number of fused-ring (bicyclic) bond motifs is 1. The zero-order chi connectivity index (χ0) is 18.1. The number of hydrogen-bond donors (Lipinski definition) is 0. The molecule has 26 heavy (non-hydrogen) atoms. The van der Waals surface area contributed by atoms with Gasteiger partial charge < -0.3 is 4.90 Å². The molecule has 0 N–H and O–H groups in total. The molecule has 0 radical (unpaired) electrons. The van der Waals surface area contributed by atoms with Gasteiger partial charge in [-0.25, -0.2) is 19.9 Å². The van der Waals surface area contributed by atoms with E-state index in [1.54, 1.807) is 23.5 Å². The van der Waals surface area contributed by atoms with Crippen LogP contribution in [0.3, 0.4) is 0 Å². The molecular weight excluding hydrogens is 328 g/mol. The molecule has 1 amide bonds. The quantitative estimate of drug-likeness (QED) is 0.724. The van der Waals surface area contributed by atoms with Gasteiger partial charge in [-0.15, -0.1) is 0 Å². The maximum atomic E-state index is 12.9. The molecule has 3 aromatic rings. The van der Waals surface area contributed by atoms with E-state index in [1.807, 2.05) is 32.2 Å². The summed E-state index contributed by atoms with van der Waals surface area (Å²) in [6.45, 7) is 4.85. The Morgan fingerprint density at radius 1 is 1.15 bits per heavy atom. The van der Waals surface area contributed by atoms with Crippen molar-refractivity contribution in [3.05, 3.63) is 65.3 Å². The predicted octanol–water partition coefficient (Wildman–Crippen LogP) is 2.36. The molecule has 0 aromatic carbocycles. The highest BCUT2D eigenvalue weighted by molar-refractivity contribution is 5.95. The fraction of sp³-hybridized carbons (Fsp3) is 0.263. The van der Waals surface area contributed by atoms with Crippen molar-refractivity contribution in [1.82, 2.24) is 29.8 Å². The van der Waals surface area contributed by atoms with Crippen LogP contribution in [0.1, 0.15) is 40.1 Å². The molecule has 3 aromatic heterocycles. The molecule has 7 nitrogen and oxygen atoms in total. The number of aryl methyl sites for hydroxylation is 2. The topological polar surface area (TPSA) is 84.8 Å². The molecule has 0 saturated carbocycles. The third-order valence-corrected chi connectivity index (χ3v) is 4.44. The lowest BCUT2D eigenvalue weighted by Gasteiger charge is -2.16. The first-order chi connectivity index (χ1) is 12.7. The molecule has 1 aliphatic rings. The standard InChI is InChI=1S/C19H18N6O/c1-3-17-21-8-14-10-25(11-16(14)24-17)19(26)15-9-22-18(23-12(15)2)13-5-4-6-20-7-13/h4-9H,3,10-11H2,1-2H3. The molecule has 4 heterocycles. The molecule has 4 rings (SSSR count). The Hall–Kier alpha value is -3.22. The van der Waals surface area contributed by atoms with Gasteiger partial charge in [-0.3, -0.25) is 9.78 Å². The number of hydrogen-bond acceptors (Lipinski definition) is 6. The van der Waals surface area contributed by atoms with Crippen molar-refractivity contribution in [3.8, 4) is 11.4 Å². The minimum absolute atomic E-state index is 0.0868. The summed E-state index contributed by atoms with van der Waals surface area (Å²) in [5.41, 5.74) is 3.91. The Morgan fingerprint density at radius 2 is 2.04 bits per heavy atom. The van der Waals surface area contributed by atoms with Crippen LogP contribution in [-0.4, -0.2) is 35.7 Å². The first-order valence-electron chi connectivity index (χ1n) is 8.52. The molecule has 0 fully saturated rings. The summed E-state index contributed by atoms with van der Waals surface area (Å²) < 4.78 is 0. The summed E-state index contributed by atoms with van der Waals surface area (Å²) in [4.78, 5) is 36.4. The molecule has 7 heteroatoms. The molecule has 0 saturated heterocycles. The van der Waals surface area contributed by atoms with Crippen LogP contribution in [0.25, 0.3) is 11.4 Å². The maximum absolute atomic E-state index is 12.9. The zero-order valence-corrected chi connectivity index (χ0v) is 14.7. The van der Waals surface area contributed by atoms with Crippen molar-refractivity contribution in [1.29, 1.82) is 0 Å². The van der Waals surface area contributed by atoms with E-state index in [1.165, 1.54) is 0 Å². The summed E-state index contributed by atoms with van der Waals surface area (Å²) in [6, 6.07) is 3.73. The molecule has 0 bridgehead atoms. The summed E-state index contributed by atoms with van der Waals surface area (Å²) >= 11 is 0. The van der Waals surface area contributed by atoms with Crippen LogP contribution in [0.5, 0.6) is 0 Å². The molecular formula is C19H18N6O. The van der Waals surface area contributed by atoms with Crippen molar-refractivity contribution in [2.24, 2.45) is 0 Å². The van der Waals surface area contributed by atoms with Gasteiger partial charge in [0.25, 0.3) is 5.91 Å². The van der Waals surface area contributed by atoms with Gasteiger partial charge in [0, 0.05) is 48.9 Å². The average molecular weight is 346 g/mol. The molecule has 0 spiro atoms. The van der Waals surface area contributed by atoms with Gasteiger partial charge in [-0.05, 0) is 19.1 Å². The Bertz CT molecular complexity index is 973. The lowest BCUT2D eigenvalue weighted by Crippen LogP contribution is -2.26. The van der Waals surface area contributed by atoms with Gasteiger partial charge in [-0.1, -0.05) is 6.92 Å². The fourth-order valence-corrected chi connectivity index (χ4v) is 2.99. The average Bonchev–Trinajstić information content (AvgIpc) is 3.11. The smallest absolute Gasteiger partial charge is 0.257 e. The number of carbonyl (C=O) groups is 1. The van der Waals surface area contributed by atoms with Crippen molar-refractivity contribution < 1.29 is 4.79 Å². The highest BCUT2D eigenvalue weighted by Crippen LogP contribution is 2.23. The van der Waals surface area contributed by atoms with Gasteiger partial charge in [0.1, 0.15) is 5.82 Å². The SMILES string of the molecule is CCc1ncc2c(n1)CN(C(=O)c1cnc(-c3cccnc3)nc1C)C2. The zero-order valence-electron chi connectivity index (χ0n) is 14.7. The lowest BCUT2D eigenvalue weighted by atomic mass is 10.2. The Labute approximate surface area is 151 Å². The highest BCUT2D eigenvalue weighted by atomic mass is 16.2. The molecule has 130 valence electrons. The third-order valence-electron chi connectivity index (χ3n) is 4.44. The Morgan fingerprint density at radius 3 is 2.77 bits per heavy atom. The second kappa shape index (κ2) is 6.59. The van der Waals surface area contributed by atoms with Crippen LogP contribution in [0.15, 0.2) is 36.9 Å². The lowest BCUT2D eigenvalue weighted by molar-refractivity contribution is 0.0748. The molecule has 0 aliphatic carbocycles. The van der Waals surface area contributed by atoms with E-state index in [0.29, 0.717) is 30.2 Å². The Balaban J connectivity index is 1.57. The van der Waals surface area contributed by atoms with Gasteiger partial charge in [0.2, 0.25) is 0 Å². The Kier molecular flexibility index (Phi) is 4.12. The number of rotatable bonds is 3. The first kappa shape index (κ1) is 16.3. The van der Waals surface area contributed by atoms with E-state index < -0.39 is 0 Å². The van der Waals surface area contributed by atoms with E-state index in [2.05, 4.69) is 24.9 Å². The predicted molar refractivity (Wildman–Crippen MR) is 95.0 cm³/mol. The van der Waals surface area contributed by atoms with Crippen LogP contribution in [0, 0.1) is 6.92 Å². The summed E-state index contributed by atoms with van der Waals surface area (Å²) in [6.07, 6.45) is 7.61. The number of amides is 1. The number of carbonyl (C=O) groups excluding carboxylic acids is 1. The summed E-state index contributed by atoms with van der Waals surface area (Å²) in [5.74, 6) is 1.28. The number of nitrogens with zero attached hydrogens (tertiary/aromatic N) is 6. The van der Waals surface area contributed by atoms with E-state index >= 15 is 0 Å². The largest absolute Gasteiger partial charge is 0.328 e. The third kappa shape index (κ3) is 2.92. The number of pyridine rings is 1. The van der Waals surface area contributed by atoms with Crippen molar-refractivity contribution in [3.63, 3.8) is 0 Å². The van der Waals surface area contributed by atoms with Crippen LogP contribution in [-0.2, 0) is 19.5 Å². The van der Waals surface area contributed by atoms with Gasteiger partial charge in [0.15, 0.2) is 5.82 Å². The minimum Gasteiger partial charge on any atom is -0.328 e. The van der Waals surface area contributed by atoms with Gasteiger partial charge >= 0.3 is 0 Å². The molecule has 1 aliphatic heterocycles. The van der Waals surface area contributed by atoms with Crippen LogP contribution in [0.2, 0.25) is 0 Å². The highest BCUT2D eigenvalue weighted by Gasteiger charge is 2.27. The van der Waals surface area contributed by atoms with Crippen molar-refractivity contribution in [2.75, 3.05) is 0 Å². The van der Waals surface area contributed by atoms with Crippen LogP contribution < -0.4 is 0 Å². The van der Waals surface area contributed by atoms with Crippen molar-refractivity contribution >= 4 is 5.91 Å². The molecule has 0 atom stereocenters. The maximum Gasteiger partial charge on any atom is 0.257 e. The van der Waals surface area contributed by atoms with E-state index in [9.17, 15) is 4.79 Å². The fourth-order valence-electron chi connectivity index (χ4n) is 2.99. The minimum atomic E-state index is -0.0868. The summed E-state index contributed by atoms with van der Waals surface area (Å²) in [5, 5.41) is 0. The van der Waals surface area contributed by atoms with E-state index in [4.69, 9.17) is 0 Å². The molecule has 0 unspecified atom stereocenters. The van der Waals surface area contributed by atoms with Crippen LogP contribution in [0.4, 0.5) is 0 Å². The summed E-state index contributed by atoms with van der Waals surface area (Å²) in [7, 11) is 0. The second-order valence-corrected chi connectivity index (χ2v) is 6.21. The van der Waals surface area contributed by atoms with Crippen molar-refractivity contribution in [2.45, 2.75) is 33.4 Å². The number of aromatic nitrogens is 5. The monoisotopic (exact) mass is 346 g/mol. The van der Waals surface area contributed by atoms with E-state index in [-0.39, 0.29) is 5.91 Å². The second-order valence-electron chi connectivity index (χ2n) is 6.21. The first-order valence-corrected chi connectivity index (χ1v) is 8.52. The van der Waals surface area contributed by atoms with Gasteiger partial charge in [0.05, 0.1) is 23.5 Å².